The van der Waals surface area contributed by atoms with Gasteiger partial charge in [0.05, 0.1) is 19.2 Å². The molecular formula is C31H38O6SSi. The number of carbonyl (C=O) groups excluding carboxylic acids is 2. The minimum absolute atomic E-state index is 0.0467. The molecule has 0 fully saturated rings. The molecule has 0 N–H and O–H groups in total. The molecule has 0 atom stereocenters. The highest BCUT2D eigenvalue weighted by molar-refractivity contribution is 7.98. The standard InChI is InChI=1S/C31H38O6SSi/c1-9-24-11-15-26(16-12-24)19-35-28(32)31(21-34-23-38-6,22-37-39(7,8)30(3,4)5)29(33)36-20-27-17-13-25(10-2)14-18-27/h1-2,11-18H,19-23H2,3-8H3. The van der Waals surface area contributed by atoms with Gasteiger partial charge in [0.25, 0.3) is 0 Å². The molecule has 0 aliphatic heterocycles. The largest absolute Gasteiger partial charge is 0.460 e. The Bertz CT molecular complexity index is 1110. The zero-order valence-electron chi connectivity index (χ0n) is 23.7. The number of carbonyl (C=O) groups is 2. The molecule has 0 amide bonds. The average Bonchev–Trinajstić information content (AvgIpc) is 2.92. The highest BCUT2D eigenvalue weighted by atomic mass is 32.2. The highest BCUT2D eigenvalue weighted by Gasteiger charge is 2.52. The van der Waals surface area contributed by atoms with E-state index in [9.17, 15) is 9.59 Å². The Morgan fingerprint density at radius 3 is 1.62 bits per heavy atom. The van der Waals surface area contributed by atoms with Gasteiger partial charge < -0.3 is 18.6 Å². The van der Waals surface area contributed by atoms with Crippen LogP contribution in [0.3, 0.4) is 0 Å². The van der Waals surface area contributed by atoms with Crippen molar-refractivity contribution in [3.8, 4) is 24.7 Å². The van der Waals surface area contributed by atoms with Crippen molar-refractivity contribution in [3.63, 3.8) is 0 Å². The second-order valence-electron chi connectivity index (χ2n) is 10.7. The Labute approximate surface area is 238 Å². The Balaban J connectivity index is 2.36. The van der Waals surface area contributed by atoms with Crippen LogP contribution in [0.1, 0.15) is 43.0 Å². The van der Waals surface area contributed by atoms with Crippen LogP contribution in [-0.2, 0) is 41.4 Å². The topological polar surface area (TPSA) is 71.1 Å². The predicted molar refractivity (Wildman–Crippen MR) is 158 cm³/mol. The highest BCUT2D eigenvalue weighted by Crippen LogP contribution is 2.38. The molecule has 0 radical (unpaired) electrons. The third-order valence-corrected chi connectivity index (χ3v) is 11.7. The van der Waals surface area contributed by atoms with Crippen molar-refractivity contribution < 1.29 is 28.2 Å². The molecule has 0 spiro atoms. The summed E-state index contributed by atoms with van der Waals surface area (Å²) in [6.45, 7) is 9.80. The maximum Gasteiger partial charge on any atom is 0.328 e. The number of esters is 2. The number of benzene rings is 2. The molecule has 0 aromatic heterocycles. The molecular weight excluding hydrogens is 528 g/mol. The van der Waals surface area contributed by atoms with Crippen LogP contribution in [0.25, 0.3) is 0 Å². The van der Waals surface area contributed by atoms with Crippen LogP contribution < -0.4 is 0 Å². The van der Waals surface area contributed by atoms with Crippen molar-refractivity contribution in [1.29, 1.82) is 0 Å². The van der Waals surface area contributed by atoms with Crippen LogP contribution >= 0.6 is 11.8 Å². The summed E-state index contributed by atoms with van der Waals surface area (Å²) in [5.41, 5.74) is 1.07. The quantitative estimate of drug-likeness (QED) is 0.0760. The second-order valence-corrected chi connectivity index (χ2v) is 16.3. The smallest absolute Gasteiger partial charge is 0.328 e. The first kappa shape index (κ1) is 32.2. The van der Waals surface area contributed by atoms with Crippen molar-refractivity contribution in [3.05, 3.63) is 70.8 Å². The number of terminal acetylenes is 2. The fourth-order valence-corrected chi connectivity index (χ4v) is 4.44. The first-order valence-corrected chi connectivity index (χ1v) is 16.8. The Morgan fingerprint density at radius 2 is 1.26 bits per heavy atom. The average molecular weight is 567 g/mol. The van der Waals surface area contributed by atoms with E-state index in [4.69, 9.17) is 31.5 Å². The monoisotopic (exact) mass is 566 g/mol. The SMILES string of the molecule is C#Cc1ccc(COC(=O)C(COCSC)(CO[Si](C)(C)C(C)(C)C)C(=O)OCc2ccc(C#C)cc2)cc1. The summed E-state index contributed by atoms with van der Waals surface area (Å²) in [7, 11) is -2.36. The third-order valence-electron chi connectivity index (χ3n) is 6.80. The lowest BCUT2D eigenvalue weighted by Gasteiger charge is -2.39. The molecule has 0 heterocycles. The minimum Gasteiger partial charge on any atom is -0.460 e. The molecule has 0 unspecified atom stereocenters. The van der Waals surface area contributed by atoms with Crippen molar-refractivity contribution in [1.82, 2.24) is 0 Å². The molecule has 0 saturated heterocycles. The Hall–Kier alpha value is -3.01. The summed E-state index contributed by atoms with van der Waals surface area (Å²) >= 11 is 1.43. The van der Waals surface area contributed by atoms with Crippen LogP contribution in [0, 0.1) is 30.1 Å². The van der Waals surface area contributed by atoms with Crippen molar-refractivity contribution in [2.24, 2.45) is 5.41 Å². The maximum atomic E-state index is 13.7. The van der Waals surface area contributed by atoms with E-state index in [1.807, 2.05) is 6.26 Å². The summed E-state index contributed by atoms with van der Waals surface area (Å²) in [4.78, 5) is 27.5. The van der Waals surface area contributed by atoms with Gasteiger partial charge in [-0.1, -0.05) is 56.9 Å². The molecule has 39 heavy (non-hydrogen) atoms. The molecule has 6 nitrogen and oxygen atoms in total. The number of hydrogen-bond acceptors (Lipinski definition) is 7. The van der Waals surface area contributed by atoms with Crippen molar-refractivity contribution >= 4 is 32.0 Å². The van der Waals surface area contributed by atoms with E-state index in [-0.39, 0.29) is 37.4 Å². The van der Waals surface area contributed by atoms with E-state index in [1.54, 1.807) is 48.5 Å². The van der Waals surface area contributed by atoms with Crippen LogP contribution in [0.4, 0.5) is 0 Å². The Kier molecular flexibility index (Phi) is 11.9. The molecule has 2 aromatic rings. The molecule has 208 valence electrons. The van der Waals surface area contributed by atoms with Gasteiger partial charge in [-0.2, -0.15) is 0 Å². The van der Waals surface area contributed by atoms with Gasteiger partial charge in [-0.3, -0.25) is 9.59 Å². The van der Waals surface area contributed by atoms with E-state index in [0.717, 1.165) is 11.1 Å². The first-order valence-electron chi connectivity index (χ1n) is 12.5. The summed E-state index contributed by atoms with van der Waals surface area (Å²) in [5, 5.41) is -0.149. The Morgan fingerprint density at radius 1 is 0.821 bits per heavy atom. The van der Waals surface area contributed by atoms with Gasteiger partial charge in [-0.05, 0) is 59.8 Å². The normalized spacial score (nSPS) is 11.8. The summed E-state index contributed by atoms with van der Waals surface area (Å²) in [5.74, 6) is 3.85. The van der Waals surface area contributed by atoms with Crippen LogP contribution in [0.2, 0.25) is 18.1 Å². The van der Waals surface area contributed by atoms with Gasteiger partial charge >= 0.3 is 11.9 Å². The summed E-state index contributed by atoms with van der Waals surface area (Å²) in [6.07, 6.45) is 12.7. The summed E-state index contributed by atoms with van der Waals surface area (Å²) < 4.78 is 23.5. The van der Waals surface area contributed by atoms with Gasteiger partial charge in [0.1, 0.15) is 13.2 Å². The summed E-state index contributed by atoms with van der Waals surface area (Å²) in [6, 6.07) is 14.2. The molecule has 0 bridgehead atoms. The fraction of sp³-hybridized carbons (Fsp3) is 0.419. The van der Waals surface area contributed by atoms with Gasteiger partial charge in [-0.15, -0.1) is 24.6 Å². The van der Waals surface area contributed by atoms with E-state index in [1.165, 1.54) is 11.8 Å². The number of hydrogen-bond donors (Lipinski definition) is 0. The van der Waals surface area contributed by atoms with Crippen molar-refractivity contribution in [2.75, 3.05) is 25.4 Å². The molecule has 0 aliphatic carbocycles. The van der Waals surface area contributed by atoms with Crippen molar-refractivity contribution in [2.45, 2.75) is 52.1 Å². The molecule has 8 heteroatoms. The number of thioether (sulfide) groups is 1. The van der Waals surface area contributed by atoms with Gasteiger partial charge in [0.2, 0.25) is 5.41 Å². The van der Waals surface area contributed by atoms with Crippen LogP contribution in [0.5, 0.6) is 0 Å². The number of rotatable bonds is 13. The molecule has 2 rings (SSSR count). The lowest BCUT2D eigenvalue weighted by Crippen LogP contribution is -2.53. The number of ether oxygens (including phenoxy) is 3. The van der Waals surface area contributed by atoms with Gasteiger partial charge in [0.15, 0.2) is 8.32 Å². The molecule has 2 aromatic carbocycles. The van der Waals surface area contributed by atoms with Gasteiger partial charge in [0, 0.05) is 11.1 Å². The van der Waals surface area contributed by atoms with Gasteiger partial charge in [-0.25, -0.2) is 0 Å². The maximum absolute atomic E-state index is 13.7. The fourth-order valence-electron chi connectivity index (χ4n) is 3.15. The van der Waals surface area contributed by atoms with E-state index in [2.05, 4.69) is 45.7 Å². The lowest BCUT2D eigenvalue weighted by atomic mass is 9.90. The predicted octanol–water partition coefficient (Wildman–Crippen LogP) is 5.78. The lowest BCUT2D eigenvalue weighted by molar-refractivity contribution is -0.181. The third kappa shape index (κ3) is 9.01. The molecule has 0 saturated carbocycles. The van der Waals surface area contributed by atoms with E-state index < -0.39 is 25.7 Å². The second kappa shape index (κ2) is 14.4. The minimum atomic E-state index is -2.36. The molecule has 0 aliphatic rings. The zero-order chi connectivity index (χ0) is 29.1. The van der Waals surface area contributed by atoms with Crippen LogP contribution in [-0.4, -0.2) is 45.7 Å². The zero-order valence-corrected chi connectivity index (χ0v) is 25.5. The first-order chi connectivity index (χ1) is 18.4. The van der Waals surface area contributed by atoms with E-state index >= 15 is 0 Å². The van der Waals surface area contributed by atoms with Crippen LogP contribution in [0.15, 0.2) is 48.5 Å². The van der Waals surface area contributed by atoms with E-state index in [0.29, 0.717) is 11.1 Å².